The Morgan fingerprint density at radius 2 is 1.91 bits per heavy atom. The summed E-state index contributed by atoms with van der Waals surface area (Å²) in [6.07, 6.45) is 1.52. The molecule has 0 atom stereocenters. The Morgan fingerprint density at radius 1 is 1.36 bits per heavy atom. The number of ketones is 1. The van der Waals surface area contributed by atoms with Gasteiger partial charge in [0.15, 0.2) is 5.78 Å². The number of likely N-dealkylation sites (N-methyl/N-ethyl adjacent to an activating group) is 1. The molecular weight excluding hydrogens is 142 g/mol. The van der Waals surface area contributed by atoms with Crippen LogP contribution < -0.4 is 0 Å². The highest BCUT2D eigenvalue weighted by Crippen LogP contribution is 1.88. The van der Waals surface area contributed by atoms with Crippen molar-refractivity contribution in [3.8, 4) is 0 Å². The number of hydrogen-bond acceptors (Lipinski definition) is 3. The summed E-state index contributed by atoms with van der Waals surface area (Å²) < 4.78 is 0. The molecule has 0 aliphatic carbocycles. The van der Waals surface area contributed by atoms with E-state index < -0.39 is 0 Å². The first-order valence-electron chi connectivity index (χ1n) is 3.83. The van der Waals surface area contributed by atoms with E-state index in [1.807, 2.05) is 18.7 Å². The topological polar surface area (TPSA) is 37.4 Å². The van der Waals surface area contributed by atoms with Crippen LogP contribution in [-0.2, 0) is 9.59 Å². The van der Waals surface area contributed by atoms with Crippen LogP contribution in [0, 0.1) is 0 Å². The van der Waals surface area contributed by atoms with Gasteiger partial charge in [-0.3, -0.25) is 14.5 Å². The lowest BCUT2D eigenvalue weighted by Gasteiger charge is -2.15. The standard InChI is InChI=1S/C8H14NO2/c1-3-9(4-2)7-8(11)5-6-10/h3-5,7H2,1-2H3. The van der Waals surface area contributed by atoms with Crippen molar-refractivity contribution >= 4 is 12.1 Å². The summed E-state index contributed by atoms with van der Waals surface area (Å²) in [6, 6.07) is 0. The molecule has 0 aliphatic heterocycles. The fraction of sp³-hybridized carbons (Fsp3) is 0.750. The fourth-order valence-corrected chi connectivity index (χ4v) is 0.833. The summed E-state index contributed by atoms with van der Waals surface area (Å²) in [5, 5.41) is 0. The van der Waals surface area contributed by atoms with Gasteiger partial charge in [0.25, 0.3) is 0 Å². The second kappa shape index (κ2) is 6.04. The van der Waals surface area contributed by atoms with Crippen molar-refractivity contribution in [3.05, 3.63) is 0 Å². The zero-order valence-corrected chi connectivity index (χ0v) is 7.09. The molecule has 0 N–H and O–H groups in total. The van der Waals surface area contributed by atoms with E-state index in [-0.39, 0.29) is 12.2 Å². The number of hydrogen-bond donors (Lipinski definition) is 0. The van der Waals surface area contributed by atoms with E-state index in [1.54, 1.807) is 6.29 Å². The van der Waals surface area contributed by atoms with Gasteiger partial charge in [0, 0.05) is 0 Å². The largest absolute Gasteiger partial charge is 0.298 e. The molecule has 0 saturated carbocycles. The molecule has 1 radical (unpaired) electrons. The Morgan fingerprint density at radius 3 is 2.27 bits per heavy atom. The lowest BCUT2D eigenvalue weighted by atomic mass is 10.3. The summed E-state index contributed by atoms with van der Waals surface area (Å²) in [4.78, 5) is 22.6. The summed E-state index contributed by atoms with van der Waals surface area (Å²) in [5.41, 5.74) is 0. The fourth-order valence-electron chi connectivity index (χ4n) is 0.833. The van der Waals surface area contributed by atoms with Gasteiger partial charge in [0.1, 0.15) is 0 Å². The second-order valence-corrected chi connectivity index (χ2v) is 2.32. The predicted molar refractivity (Wildman–Crippen MR) is 43.1 cm³/mol. The van der Waals surface area contributed by atoms with E-state index in [1.165, 1.54) is 0 Å². The predicted octanol–water partition coefficient (Wildman–Crippen LogP) is 0.397. The normalized spacial score (nSPS) is 10.1. The average Bonchev–Trinajstić information content (AvgIpc) is 2.01. The minimum atomic E-state index is -0.0729. The van der Waals surface area contributed by atoms with Crippen LogP contribution in [0.25, 0.3) is 0 Å². The SMILES string of the molecule is CCN(CC)CC(=O)C[C]=O. The molecule has 63 valence electrons. The monoisotopic (exact) mass is 156 g/mol. The van der Waals surface area contributed by atoms with Crippen LogP contribution in [0.4, 0.5) is 0 Å². The third kappa shape index (κ3) is 4.67. The Balaban J connectivity index is 3.62. The number of rotatable bonds is 6. The van der Waals surface area contributed by atoms with Crippen molar-refractivity contribution in [3.63, 3.8) is 0 Å². The quantitative estimate of drug-likeness (QED) is 0.522. The van der Waals surface area contributed by atoms with Gasteiger partial charge in [-0.15, -0.1) is 0 Å². The third-order valence-electron chi connectivity index (χ3n) is 1.56. The molecule has 3 nitrogen and oxygen atoms in total. The summed E-state index contributed by atoms with van der Waals surface area (Å²) in [5.74, 6) is -0.0521. The second-order valence-electron chi connectivity index (χ2n) is 2.32. The number of carbonyl (C=O) groups excluding carboxylic acids is 2. The van der Waals surface area contributed by atoms with E-state index in [9.17, 15) is 9.59 Å². The Kier molecular flexibility index (Phi) is 5.65. The lowest BCUT2D eigenvalue weighted by molar-refractivity contribution is -0.119. The molecule has 0 bridgehead atoms. The van der Waals surface area contributed by atoms with Gasteiger partial charge in [-0.25, -0.2) is 0 Å². The first-order chi connectivity index (χ1) is 5.24. The molecule has 0 aromatic rings. The minimum absolute atomic E-state index is 0.0521. The van der Waals surface area contributed by atoms with Crippen molar-refractivity contribution < 1.29 is 9.59 Å². The van der Waals surface area contributed by atoms with Crippen molar-refractivity contribution in [1.82, 2.24) is 4.90 Å². The zero-order valence-electron chi connectivity index (χ0n) is 7.09. The summed E-state index contributed by atoms with van der Waals surface area (Å²) in [6.45, 7) is 6.05. The highest BCUT2D eigenvalue weighted by molar-refractivity contribution is 5.91. The third-order valence-corrected chi connectivity index (χ3v) is 1.56. The highest BCUT2D eigenvalue weighted by atomic mass is 16.1. The van der Waals surface area contributed by atoms with E-state index in [0.29, 0.717) is 6.54 Å². The molecule has 0 heterocycles. The highest BCUT2D eigenvalue weighted by Gasteiger charge is 2.05. The Labute approximate surface area is 67.4 Å². The van der Waals surface area contributed by atoms with Crippen LogP contribution in [0.1, 0.15) is 20.3 Å². The molecule has 0 rings (SSSR count). The maximum atomic E-state index is 10.9. The number of nitrogens with zero attached hydrogens (tertiary/aromatic N) is 1. The maximum Gasteiger partial charge on any atom is 0.206 e. The molecule has 0 aromatic heterocycles. The van der Waals surface area contributed by atoms with Gasteiger partial charge < -0.3 is 0 Å². The van der Waals surface area contributed by atoms with Gasteiger partial charge in [-0.2, -0.15) is 0 Å². The Bertz CT molecular complexity index is 130. The summed E-state index contributed by atoms with van der Waals surface area (Å²) >= 11 is 0. The zero-order chi connectivity index (χ0) is 8.69. The molecule has 0 fully saturated rings. The molecule has 0 saturated heterocycles. The van der Waals surface area contributed by atoms with Crippen LogP contribution in [0.3, 0.4) is 0 Å². The van der Waals surface area contributed by atoms with Gasteiger partial charge in [0.05, 0.1) is 13.0 Å². The lowest BCUT2D eigenvalue weighted by Crippen LogP contribution is -2.29. The smallest absolute Gasteiger partial charge is 0.206 e. The number of Topliss-reactive ketones (excluding diaryl/α,β-unsaturated/α-hetero) is 1. The van der Waals surface area contributed by atoms with Crippen LogP contribution >= 0.6 is 0 Å². The van der Waals surface area contributed by atoms with Crippen LogP contribution in [0.5, 0.6) is 0 Å². The molecule has 0 spiro atoms. The molecule has 0 aliphatic rings. The molecule has 3 heteroatoms. The molecular formula is C8H14NO2. The Hall–Kier alpha value is -0.700. The average molecular weight is 156 g/mol. The maximum absolute atomic E-state index is 10.9. The van der Waals surface area contributed by atoms with Gasteiger partial charge in [0.2, 0.25) is 6.29 Å². The van der Waals surface area contributed by atoms with Gasteiger partial charge in [-0.05, 0) is 13.1 Å². The van der Waals surface area contributed by atoms with Crippen LogP contribution in [0.15, 0.2) is 0 Å². The summed E-state index contributed by atoms with van der Waals surface area (Å²) in [7, 11) is 0. The van der Waals surface area contributed by atoms with Gasteiger partial charge in [-0.1, -0.05) is 13.8 Å². The molecule has 11 heavy (non-hydrogen) atoms. The molecule has 0 amide bonds. The first-order valence-corrected chi connectivity index (χ1v) is 3.83. The van der Waals surface area contributed by atoms with E-state index in [0.717, 1.165) is 13.1 Å². The van der Waals surface area contributed by atoms with Crippen molar-refractivity contribution in [2.45, 2.75) is 20.3 Å². The van der Waals surface area contributed by atoms with Crippen molar-refractivity contribution in [1.29, 1.82) is 0 Å². The minimum Gasteiger partial charge on any atom is -0.298 e. The van der Waals surface area contributed by atoms with E-state index in [4.69, 9.17) is 0 Å². The van der Waals surface area contributed by atoms with Crippen LogP contribution in [0.2, 0.25) is 0 Å². The van der Waals surface area contributed by atoms with Crippen molar-refractivity contribution in [2.75, 3.05) is 19.6 Å². The molecule has 0 unspecified atom stereocenters. The van der Waals surface area contributed by atoms with Crippen LogP contribution in [-0.4, -0.2) is 36.6 Å². The first kappa shape index (κ1) is 10.3. The van der Waals surface area contributed by atoms with E-state index in [2.05, 4.69) is 0 Å². The molecule has 0 aromatic carbocycles. The van der Waals surface area contributed by atoms with Crippen molar-refractivity contribution in [2.24, 2.45) is 0 Å². The van der Waals surface area contributed by atoms with E-state index >= 15 is 0 Å². The number of carbonyl (C=O) groups is 1. The van der Waals surface area contributed by atoms with Gasteiger partial charge >= 0.3 is 0 Å².